The Morgan fingerprint density at radius 1 is 1.14 bits per heavy atom. The number of benzene rings is 2. The third-order valence-electron chi connectivity index (χ3n) is 4.68. The summed E-state index contributed by atoms with van der Waals surface area (Å²) in [7, 11) is -3.65. The molecule has 1 amide bonds. The van der Waals surface area contributed by atoms with Crippen molar-refractivity contribution in [1.82, 2.24) is 9.21 Å². The van der Waals surface area contributed by atoms with Gasteiger partial charge < -0.3 is 10.2 Å². The van der Waals surface area contributed by atoms with Crippen LogP contribution in [0.4, 0.5) is 10.1 Å². The molecule has 1 aliphatic rings. The number of likely N-dealkylation sites (N-methyl/N-ethyl adjacent to an activating group) is 1. The SMILES string of the molecule is CCN1CCN(S(=O)(=O)c2cccc(NC(=O)c3ccc(F)cc3Cl)c2)CC1. The number of anilines is 1. The van der Waals surface area contributed by atoms with Crippen molar-refractivity contribution in [3.05, 3.63) is 58.9 Å². The third kappa shape index (κ3) is 4.52. The first-order valence-electron chi connectivity index (χ1n) is 8.90. The number of halogens is 2. The van der Waals surface area contributed by atoms with Gasteiger partial charge in [0.1, 0.15) is 5.82 Å². The minimum absolute atomic E-state index is 0.0185. The van der Waals surface area contributed by atoms with Crippen LogP contribution in [0.15, 0.2) is 47.4 Å². The molecule has 0 bridgehead atoms. The van der Waals surface area contributed by atoms with Gasteiger partial charge in [-0.2, -0.15) is 4.31 Å². The van der Waals surface area contributed by atoms with Crippen molar-refractivity contribution in [3.8, 4) is 0 Å². The van der Waals surface area contributed by atoms with E-state index in [9.17, 15) is 17.6 Å². The van der Waals surface area contributed by atoms with Crippen LogP contribution in [0.2, 0.25) is 5.02 Å². The Morgan fingerprint density at radius 2 is 1.86 bits per heavy atom. The average molecular weight is 426 g/mol. The predicted octanol–water partition coefficient (Wildman–Crippen LogP) is 3.06. The summed E-state index contributed by atoms with van der Waals surface area (Å²) in [6, 6.07) is 9.53. The first-order chi connectivity index (χ1) is 13.3. The van der Waals surface area contributed by atoms with E-state index in [1.807, 2.05) is 6.92 Å². The van der Waals surface area contributed by atoms with E-state index in [1.54, 1.807) is 12.1 Å². The first-order valence-corrected chi connectivity index (χ1v) is 10.7. The van der Waals surface area contributed by atoms with Gasteiger partial charge in [0.25, 0.3) is 5.91 Å². The Kier molecular flexibility index (Phi) is 6.34. The van der Waals surface area contributed by atoms with Gasteiger partial charge in [-0.3, -0.25) is 4.79 Å². The smallest absolute Gasteiger partial charge is 0.257 e. The fourth-order valence-corrected chi connectivity index (χ4v) is 4.76. The minimum atomic E-state index is -3.65. The largest absolute Gasteiger partial charge is 0.322 e. The summed E-state index contributed by atoms with van der Waals surface area (Å²) in [5.74, 6) is -1.09. The molecule has 2 aromatic rings. The Morgan fingerprint density at radius 3 is 2.50 bits per heavy atom. The molecule has 3 rings (SSSR count). The Labute approximate surface area is 168 Å². The van der Waals surface area contributed by atoms with Gasteiger partial charge in [0.05, 0.1) is 15.5 Å². The third-order valence-corrected chi connectivity index (χ3v) is 6.89. The van der Waals surface area contributed by atoms with Crippen LogP contribution in [-0.2, 0) is 10.0 Å². The molecule has 150 valence electrons. The van der Waals surface area contributed by atoms with E-state index in [2.05, 4.69) is 10.2 Å². The summed E-state index contributed by atoms with van der Waals surface area (Å²) in [4.78, 5) is 14.7. The average Bonchev–Trinajstić information content (AvgIpc) is 2.68. The Bertz CT molecular complexity index is 976. The number of amides is 1. The number of nitrogens with one attached hydrogen (secondary N) is 1. The molecular formula is C19H21ClFN3O3S. The zero-order valence-electron chi connectivity index (χ0n) is 15.4. The number of carbonyl (C=O) groups excluding carboxylic acids is 1. The lowest BCUT2D eigenvalue weighted by Crippen LogP contribution is -2.48. The quantitative estimate of drug-likeness (QED) is 0.799. The van der Waals surface area contributed by atoms with Crippen molar-refractivity contribution in [2.45, 2.75) is 11.8 Å². The second-order valence-corrected chi connectivity index (χ2v) is 8.79. The summed E-state index contributed by atoms with van der Waals surface area (Å²) in [5, 5.41) is 2.59. The molecule has 1 fully saturated rings. The molecule has 0 radical (unpaired) electrons. The van der Waals surface area contributed by atoms with E-state index < -0.39 is 21.7 Å². The predicted molar refractivity (Wildman–Crippen MR) is 107 cm³/mol. The maximum absolute atomic E-state index is 13.2. The second kappa shape index (κ2) is 8.57. The molecule has 0 aliphatic carbocycles. The maximum Gasteiger partial charge on any atom is 0.257 e. The Balaban J connectivity index is 1.77. The molecule has 9 heteroatoms. The van der Waals surface area contributed by atoms with Gasteiger partial charge in [-0.05, 0) is 42.9 Å². The van der Waals surface area contributed by atoms with Crippen LogP contribution in [0.3, 0.4) is 0 Å². The molecular weight excluding hydrogens is 405 g/mol. The fourth-order valence-electron chi connectivity index (χ4n) is 3.04. The lowest BCUT2D eigenvalue weighted by atomic mass is 10.2. The van der Waals surface area contributed by atoms with E-state index in [4.69, 9.17) is 11.6 Å². The molecule has 6 nitrogen and oxygen atoms in total. The molecule has 1 N–H and O–H groups in total. The topological polar surface area (TPSA) is 69.7 Å². The van der Waals surface area contributed by atoms with E-state index in [0.717, 1.165) is 18.7 Å². The van der Waals surface area contributed by atoms with Crippen LogP contribution < -0.4 is 5.32 Å². The first kappa shape index (κ1) is 20.7. The van der Waals surface area contributed by atoms with E-state index in [1.165, 1.54) is 22.5 Å². The van der Waals surface area contributed by atoms with E-state index >= 15 is 0 Å². The summed E-state index contributed by atoms with van der Waals surface area (Å²) < 4.78 is 40.4. The van der Waals surface area contributed by atoms with E-state index in [-0.39, 0.29) is 15.5 Å². The highest BCUT2D eigenvalue weighted by Crippen LogP contribution is 2.23. The maximum atomic E-state index is 13.2. The van der Waals surface area contributed by atoms with Gasteiger partial charge in [-0.15, -0.1) is 0 Å². The van der Waals surface area contributed by atoms with Crippen molar-refractivity contribution in [2.24, 2.45) is 0 Å². The lowest BCUT2D eigenvalue weighted by Gasteiger charge is -2.33. The van der Waals surface area contributed by atoms with Crippen LogP contribution in [0.25, 0.3) is 0 Å². The fraction of sp³-hybridized carbons (Fsp3) is 0.316. The molecule has 1 saturated heterocycles. The summed E-state index contributed by atoms with van der Waals surface area (Å²) in [5.41, 5.74) is 0.422. The zero-order valence-corrected chi connectivity index (χ0v) is 16.9. The number of rotatable bonds is 5. The number of piperazine rings is 1. The van der Waals surface area contributed by atoms with Gasteiger partial charge in [0.15, 0.2) is 0 Å². The molecule has 2 aromatic carbocycles. The summed E-state index contributed by atoms with van der Waals surface area (Å²) >= 11 is 5.91. The van der Waals surface area contributed by atoms with Crippen LogP contribution >= 0.6 is 11.6 Å². The molecule has 0 spiro atoms. The molecule has 0 atom stereocenters. The number of hydrogen-bond donors (Lipinski definition) is 1. The van der Waals surface area contributed by atoms with Gasteiger partial charge in [0, 0.05) is 31.9 Å². The molecule has 1 heterocycles. The lowest BCUT2D eigenvalue weighted by molar-refractivity contribution is 0.102. The van der Waals surface area contributed by atoms with Gasteiger partial charge in [0.2, 0.25) is 10.0 Å². The molecule has 1 aliphatic heterocycles. The highest BCUT2D eigenvalue weighted by Gasteiger charge is 2.28. The highest BCUT2D eigenvalue weighted by molar-refractivity contribution is 7.89. The minimum Gasteiger partial charge on any atom is -0.322 e. The summed E-state index contributed by atoms with van der Waals surface area (Å²) in [6.07, 6.45) is 0. The Hall–Kier alpha value is -2.00. The van der Waals surface area contributed by atoms with E-state index in [0.29, 0.717) is 31.9 Å². The highest BCUT2D eigenvalue weighted by atomic mass is 35.5. The van der Waals surface area contributed by atoms with Crippen molar-refractivity contribution < 1.29 is 17.6 Å². The second-order valence-electron chi connectivity index (χ2n) is 6.44. The van der Waals surface area contributed by atoms with Crippen molar-refractivity contribution in [3.63, 3.8) is 0 Å². The molecule has 0 unspecified atom stereocenters. The normalized spacial score (nSPS) is 16.1. The van der Waals surface area contributed by atoms with Crippen LogP contribution in [0.5, 0.6) is 0 Å². The number of hydrogen-bond acceptors (Lipinski definition) is 4. The van der Waals surface area contributed by atoms with Gasteiger partial charge in [-0.25, -0.2) is 12.8 Å². The number of sulfonamides is 1. The standard InChI is InChI=1S/C19H21ClFN3O3S/c1-2-23-8-10-24(11-9-23)28(26,27)16-5-3-4-15(13-16)22-19(25)17-7-6-14(21)12-18(17)20/h3-7,12-13H,2,8-11H2,1H3,(H,22,25). The monoisotopic (exact) mass is 425 g/mol. The zero-order chi connectivity index (χ0) is 20.3. The summed E-state index contributed by atoms with van der Waals surface area (Å²) in [6.45, 7) is 5.17. The van der Waals surface area contributed by atoms with Crippen molar-refractivity contribution in [1.29, 1.82) is 0 Å². The van der Waals surface area contributed by atoms with Gasteiger partial charge >= 0.3 is 0 Å². The van der Waals surface area contributed by atoms with Crippen molar-refractivity contribution >= 4 is 33.2 Å². The molecule has 0 saturated carbocycles. The van der Waals surface area contributed by atoms with Crippen LogP contribution in [0, 0.1) is 5.82 Å². The number of carbonyl (C=O) groups is 1. The molecule has 0 aromatic heterocycles. The van der Waals surface area contributed by atoms with Gasteiger partial charge in [-0.1, -0.05) is 24.6 Å². The number of nitrogens with zero attached hydrogens (tertiary/aromatic N) is 2. The van der Waals surface area contributed by atoms with Crippen molar-refractivity contribution in [2.75, 3.05) is 38.0 Å². The van der Waals surface area contributed by atoms with Crippen LogP contribution in [0.1, 0.15) is 17.3 Å². The van der Waals surface area contributed by atoms with Crippen LogP contribution in [-0.4, -0.2) is 56.3 Å². The molecule has 28 heavy (non-hydrogen) atoms.